The van der Waals surface area contributed by atoms with E-state index < -0.39 is 6.10 Å². The molecule has 0 fully saturated rings. The number of hydrogen-bond acceptors (Lipinski definition) is 5. The van der Waals surface area contributed by atoms with Crippen molar-refractivity contribution < 1.29 is 23.8 Å². The highest BCUT2D eigenvalue weighted by Crippen LogP contribution is 2.10. The van der Waals surface area contributed by atoms with Crippen LogP contribution in [0.1, 0.15) is 162 Å². The van der Waals surface area contributed by atoms with Crippen molar-refractivity contribution in [1.29, 1.82) is 0 Å². The molecule has 0 rings (SSSR count). The number of unbranched alkanes of at least 4 members (excludes halogenated alkanes) is 8. The lowest BCUT2D eigenvalue weighted by Gasteiger charge is -2.18. The number of esters is 2. The topological polar surface area (TPSA) is 61.8 Å². The van der Waals surface area contributed by atoms with Crippen molar-refractivity contribution in [2.24, 2.45) is 0 Å². The van der Waals surface area contributed by atoms with Crippen LogP contribution in [0, 0.1) is 0 Å². The molecular weight excluding hydrogens is 669 g/mol. The summed E-state index contributed by atoms with van der Waals surface area (Å²) in [6.07, 6.45) is 59.7. The van der Waals surface area contributed by atoms with Crippen molar-refractivity contribution in [3.63, 3.8) is 0 Å². The van der Waals surface area contributed by atoms with E-state index in [0.717, 1.165) is 96.3 Å². The van der Waals surface area contributed by atoms with E-state index in [1.807, 2.05) is 6.08 Å². The first-order chi connectivity index (χ1) is 26.6. The van der Waals surface area contributed by atoms with Crippen molar-refractivity contribution in [3.8, 4) is 0 Å². The van der Waals surface area contributed by atoms with Gasteiger partial charge in [0.15, 0.2) is 6.10 Å². The van der Waals surface area contributed by atoms with E-state index in [1.54, 1.807) is 0 Å². The summed E-state index contributed by atoms with van der Waals surface area (Å²) < 4.78 is 17.1. The summed E-state index contributed by atoms with van der Waals surface area (Å²) in [5.74, 6) is -0.533. The Balaban J connectivity index is 4.37. The fourth-order valence-corrected chi connectivity index (χ4v) is 5.19. The second-order valence-corrected chi connectivity index (χ2v) is 13.5. The van der Waals surface area contributed by atoms with Crippen LogP contribution in [0.2, 0.25) is 0 Å². The molecule has 0 aromatic rings. The maximum Gasteiger partial charge on any atom is 0.306 e. The first-order valence-electron chi connectivity index (χ1n) is 21.4. The van der Waals surface area contributed by atoms with Gasteiger partial charge in [-0.1, -0.05) is 169 Å². The SMILES string of the molecule is CC/C=C\C/C=C\C/C=C\C/C=C\C/C=C\CCCCOCC(COC(=O)CC/C=C\C/C=C\C/C=C\C/C=C\CC)OC(=O)CCCCCCCCC. The van der Waals surface area contributed by atoms with E-state index in [1.165, 1.54) is 25.7 Å². The zero-order valence-corrected chi connectivity index (χ0v) is 34.7. The van der Waals surface area contributed by atoms with E-state index >= 15 is 0 Å². The van der Waals surface area contributed by atoms with Gasteiger partial charge in [0.2, 0.25) is 0 Å². The highest BCUT2D eigenvalue weighted by Gasteiger charge is 2.17. The second-order valence-electron chi connectivity index (χ2n) is 13.5. The fraction of sp³-hybridized carbons (Fsp3) is 0.592. The predicted octanol–water partition coefficient (Wildman–Crippen LogP) is 14.1. The molecular formula is C49H78O5. The third-order valence-corrected chi connectivity index (χ3v) is 8.32. The zero-order valence-electron chi connectivity index (χ0n) is 34.7. The molecule has 0 aromatic heterocycles. The Kier molecular flexibility index (Phi) is 41.2. The van der Waals surface area contributed by atoms with Crippen LogP contribution in [-0.2, 0) is 23.8 Å². The van der Waals surface area contributed by atoms with Crippen LogP contribution in [0.5, 0.6) is 0 Å². The van der Waals surface area contributed by atoms with Crippen molar-refractivity contribution in [3.05, 3.63) is 109 Å². The minimum Gasteiger partial charge on any atom is -0.462 e. The van der Waals surface area contributed by atoms with E-state index in [4.69, 9.17) is 14.2 Å². The largest absolute Gasteiger partial charge is 0.462 e. The molecule has 0 radical (unpaired) electrons. The average molecular weight is 747 g/mol. The molecule has 54 heavy (non-hydrogen) atoms. The molecule has 0 N–H and O–H groups in total. The Bertz CT molecular complexity index is 1120. The molecule has 5 nitrogen and oxygen atoms in total. The van der Waals surface area contributed by atoms with Gasteiger partial charge in [0.05, 0.1) is 6.61 Å². The second kappa shape index (κ2) is 44.0. The lowest BCUT2D eigenvalue weighted by molar-refractivity contribution is -0.162. The molecule has 0 aliphatic rings. The molecule has 0 amide bonds. The first kappa shape index (κ1) is 50.6. The van der Waals surface area contributed by atoms with Gasteiger partial charge in [0.25, 0.3) is 0 Å². The summed E-state index contributed by atoms with van der Waals surface area (Å²) in [5.41, 5.74) is 0. The van der Waals surface area contributed by atoms with Gasteiger partial charge in [0.1, 0.15) is 6.61 Å². The fourth-order valence-electron chi connectivity index (χ4n) is 5.19. The molecule has 0 heterocycles. The molecule has 0 aromatic carbocycles. The van der Waals surface area contributed by atoms with Crippen LogP contribution in [-0.4, -0.2) is 37.9 Å². The molecule has 0 aliphatic heterocycles. The number of ether oxygens (including phenoxy) is 3. The number of rotatable bonds is 37. The minimum atomic E-state index is -0.589. The molecule has 304 valence electrons. The lowest BCUT2D eigenvalue weighted by Crippen LogP contribution is -2.30. The Morgan fingerprint density at radius 2 is 0.870 bits per heavy atom. The van der Waals surface area contributed by atoms with Crippen molar-refractivity contribution in [2.45, 2.75) is 168 Å². The summed E-state index contributed by atoms with van der Waals surface area (Å²) in [6, 6.07) is 0. The van der Waals surface area contributed by atoms with E-state index in [9.17, 15) is 9.59 Å². The number of hydrogen-bond donors (Lipinski definition) is 0. The van der Waals surface area contributed by atoms with Gasteiger partial charge in [-0.2, -0.15) is 0 Å². The standard InChI is InChI=1S/C49H78O5/c1-4-7-10-13-16-18-20-22-23-24-25-26-28-30-32-35-38-41-44-52-45-47(54-49(51)43-40-37-33-15-12-9-6-3)46-53-48(50)42-39-36-34-31-29-27-21-19-17-14-11-8-5-2/h7-8,10-11,16-19,22-23,25-27,29-30,32,34,36,47H,4-6,9,12-15,20-21,24,28,31,33,35,37-46H2,1-3H3/b10-7-,11-8-,18-16-,19-17-,23-22-,26-25-,29-27-,32-30-,36-34-. The molecule has 0 bridgehead atoms. The Morgan fingerprint density at radius 3 is 1.37 bits per heavy atom. The van der Waals surface area contributed by atoms with Crippen LogP contribution in [0.15, 0.2) is 109 Å². The van der Waals surface area contributed by atoms with Crippen LogP contribution < -0.4 is 0 Å². The summed E-state index contributed by atoms with van der Waals surface area (Å²) in [6.45, 7) is 7.34. The van der Waals surface area contributed by atoms with E-state index in [0.29, 0.717) is 25.9 Å². The average Bonchev–Trinajstić information content (AvgIpc) is 3.17. The summed E-state index contributed by atoms with van der Waals surface area (Å²) in [7, 11) is 0. The van der Waals surface area contributed by atoms with Gasteiger partial charge in [-0.25, -0.2) is 0 Å². The summed E-state index contributed by atoms with van der Waals surface area (Å²) in [4.78, 5) is 25.0. The number of carbonyl (C=O) groups excluding carboxylic acids is 2. The minimum absolute atomic E-state index is 0.0236. The van der Waals surface area contributed by atoms with Crippen LogP contribution in [0.4, 0.5) is 0 Å². The van der Waals surface area contributed by atoms with E-state index in [2.05, 4.69) is 124 Å². The van der Waals surface area contributed by atoms with Gasteiger partial charge < -0.3 is 14.2 Å². The number of carbonyl (C=O) groups is 2. The maximum atomic E-state index is 12.6. The monoisotopic (exact) mass is 747 g/mol. The molecule has 5 heteroatoms. The quantitative estimate of drug-likeness (QED) is 0.0360. The molecule has 0 spiro atoms. The Morgan fingerprint density at radius 1 is 0.426 bits per heavy atom. The van der Waals surface area contributed by atoms with Crippen LogP contribution >= 0.6 is 0 Å². The molecule has 0 saturated heterocycles. The highest BCUT2D eigenvalue weighted by molar-refractivity contribution is 5.70. The molecule has 0 aliphatic carbocycles. The summed E-state index contributed by atoms with van der Waals surface area (Å²) >= 11 is 0. The van der Waals surface area contributed by atoms with Gasteiger partial charge >= 0.3 is 11.9 Å². The predicted molar refractivity (Wildman–Crippen MR) is 233 cm³/mol. The van der Waals surface area contributed by atoms with Crippen molar-refractivity contribution >= 4 is 11.9 Å². The molecule has 1 unspecified atom stereocenters. The Labute approximate surface area is 332 Å². The Hall–Kier alpha value is -3.44. The maximum absolute atomic E-state index is 12.6. The van der Waals surface area contributed by atoms with Crippen molar-refractivity contribution in [2.75, 3.05) is 19.8 Å². The van der Waals surface area contributed by atoms with Gasteiger partial charge in [-0.05, 0) is 89.9 Å². The van der Waals surface area contributed by atoms with Crippen molar-refractivity contribution in [1.82, 2.24) is 0 Å². The van der Waals surface area contributed by atoms with Crippen LogP contribution in [0.25, 0.3) is 0 Å². The first-order valence-corrected chi connectivity index (χ1v) is 21.4. The zero-order chi connectivity index (χ0) is 39.3. The third-order valence-electron chi connectivity index (χ3n) is 8.32. The summed E-state index contributed by atoms with van der Waals surface area (Å²) in [5, 5.41) is 0. The molecule has 0 saturated carbocycles. The van der Waals surface area contributed by atoms with Gasteiger partial charge in [-0.3, -0.25) is 9.59 Å². The third kappa shape index (κ3) is 41.3. The lowest BCUT2D eigenvalue weighted by atomic mass is 10.1. The molecule has 1 atom stereocenters. The smallest absolute Gasteiger partial charge is 0.306 e. The van der Waals surface area contributed by atoms with Gasteiger partial charge in [-0.15, -0.1) is 0 Å². The van der Waals surface area contributed by atoms with Gasteiger partial charge in [0, 0.05) is 19.4 Å². The number of allylic oxidation sites excluding steroid dienone is 18. The van der Waals surface area contributed by atoms with E-state index in [-0.39, 0.29) is 25.2 Å². The highest BCUT2D eigenvalue weighted by atomic mass is 16.6. The normalized spacial score (nSPS) is 13.3. The van der Waals surface area contributed by atoms with Crippen LogP contribution in [0.3, 0.4) is 0 Å².